The van der Waals surface area contributed by atoms with E-state index in [2.05, 4.69) is 286 Å². The lowest BCUT2D eigenvalue weighted by molar-refractivity contribution is 0.586. The highest BCUT2D eigenvalue weighted by molar-refractivity contribution is 6.05. The summed E-state index contributed by atoms with van der Waals surface area (Å²) in [5.74, 6) is 0. The number of para-hydroxylation sites is 2. The summed E-state index contributed by atoms with van der Waals surface area (Å²) in [5.41, 5.74) is 31.5. The summed E-state index contributed by atoms with van der Waals surface area (Å²) in [5, 5.41) is 0. The molecule has 0 aliphatic heterocycles. The number of hydrogen-bond acceptors (Lipinski definition) is 1. The molecule has 4 aliphatic carbocycles. The lowest BCUT2D eigenvalue weighted by Gasteiger charge is -2.34. The third-order valence-corrected chi connectivity index (χ3v) is 18.2. The van der Waals surface area contributed by atoms with E-state index in [-0.39, 0.29) is 21.7 Å². The Morgan fingerprint density at radius 2 is 0.697 bits per heavy atom. The molecular weight excluding hydrogens is 915 g/mol. The van der Waals surface area contributed by atoms with Gasteiger partial charge in [-0.05, 0) is 141 Å². The van der Waals surface area contributed by atoms with Crippen molar-refractivity contribution in [1.82, 2.24) is 0 Å². The molecule has 0 fully saturated rings. The average Bonchev–Trinajstić information content (AvgIpc) is 4.24. The van der Waals surface area contributed by atoms with Crippen LogP contribution in [0.2, 0.25) is 0 Å². The molecule has 0 radical (unpaired) electrons. The predicted molar refractivity (Wildman–Crippen MR) is 321 cm³/mol. The zero-order chi connectivity index (χ0) is 52.3. The Kier molecular flexibility index (Phi) is 9.80. The van der Waals surface area contributed by atoms with Crippen molar-refractivity contribution in [3.63, 3.8) is 0 Å². The molecule has 10 aromatic carbocycles. The lowest BCUT2D eigenvalue weighted by atomic mass is 9.69. The van der Waals surface area contributed by atoms with Crippen molar-refractivity contribution in [3.05, 3.63) is 268 Å². The summed E-state index contributed by atoms with van der Waals surface area (Å²) < 4.78 is 0. The minimum absolute atomic E-state index is 0.0440. The molecule has 1 nitrogen and oxygen atoms in total. The van der Waals surface area contributed by atoms with Crippen LogP contribution < -0.4 is 4.90 Å². The Balaban J connectivity index is 1.08. The van der Waals surface area contributed by atoms with Crippen molar-refractivity contribution in [3.8, 4) is 66.8 Å². The minimum atomic E-state index is -0.559. The van der Waals surface area contributed by atoms with Crippen molar-refractivity contribution in [2.45, 2.75) is 96.3 Å². The third-order valence-electron chi connectivity index (χ3n) is 18.2. The number of rotatable bonds is 5. The van der Waals surface area contributed by atoms with Gasteiger partial charge in [-0.15, -0.1) is 0 Å². The predicted octanol–water partition coefficient (Wildman–Crippen LogP) is 20.0. The van der Waals surface area contributed by atoms with Gasteiger partial charge in [-0.3, -0.25) is 0 Å². The Bertz CT molecular complexity index is 4020. The molecule has 0 unspecified atom stereocenters. The van der Waals surface area contributed by atoms with E-state index in [1.54, 1.807) is 0 Å². The van der Waals surface area contributed by atoms with Crippen LogP contribution >= 0.6 is 0 Å². The average molecular weight is 980 g/mol. The maximum Gasteiger partial charge on any atom is 0.0726 e. The summed E-state index contributed by atoms with van der Waals surface area (Å²) in [4.78, 5) is 2.65. The van der Waals surface area contributed by atoms with Crippen molar-refractivity contribution < 1.29 is 0 Å². The number of anilines is 3. The van der Waals surface area contributed by atoms with Gasteiger partial charge >= 0.3 is 0 Å². The first-order valence-corrected chi connectivity index (χ1v) is 27.5. The van der Waals surface area contributed by atoms with E-state index >= 15 is 0 Å². The van der Waals surface area contributed by atoms with Crippen LogP contribution in [0.15, 0.2) is 212 Å². The molecule has 0 amide bonds. The Morgan fingerprint density at radius 1 is 0.289 bits per heavy atom. The summed E-state index contributed by atoms with van der Waals surface area (Å²) in [6, 6.07) is 82.1. The van der Waals surface area contributed by atoms with Gasteiger partial charge in [-0.1, -0.05) is 257 Å². The first-order chi connectivity index (χ1) is 36.5. The van der Waals surface area contributed by atoms with Crippen LogP contribution in [0.25, 0.3) is 66.8 Å². The van der Waals surface area contributed by atoms with Crippen LogP contribution in [-0.4, -0.2) is 0 Å². The van der Waals surface area contributed by atoms with Crippen LogP contribution in [0.1, 0.15) is 125 Å². The van der Waals surface area contributed by atoms with E-state index in [4.69, 9.17) is 0 Å². The molecule has 0 bridgehead atoms. The SMILES string of the molecule is CC(C)(C)c1ccc2c(c1)C1(c3cc(C(C)(C)C)ccc3-2)c2ccccc2-c2c(N(c3ccccc3-c3ccc4c(c3)C(C)(C)c3ccccc3-4)c3ccccc3-c3cccc4c3C(C)(C)c3ccccc3-4)cccc21. The van der Waals surface area contributed by atoms with Gasteiger partial charge in [0.15, 0.2) is 0 Å². The summed E-state index contributed by atoms with van der Waals surface area (Å²) in [6.45, 7) is 23.7. The fraction of sp³-hybridized carbons (Fsp3) is 0.200. The van der Waals surface area contributed by atoms with Gasteiger partial charge in [0.05, 0.1) is 22.5 Å². The van der Waals surface area contributed by atoms with Gasteiger partial charge in [-0.2, -0.15) is 0 Å². The molecule has 1 heteroatoms. The van der Waals surface area contributed by atoms with Crippen LogP contribution in [0, 0.1) is 0 Å². The normalized spacial score (nSPS) is 15.3. The molecule has 76 heavy (non-hydrogen) atoms. The van der Waals surface area contributed by atoms with E-state index in [0.717, 1.165) is 11.4 Å². The van der Waals surface area contributed by atoms with Gasteiger partial charge in [0.2, 0.25) is 0 Å². The Morgan fingerprint density at radius 3 is 1.32 bits per heavy atom. The fourth-order valence-corrected chi connectivity index (χ4v) is 14.5. The number of hydrogen-bond donors (Lipinski definition) is 0. The van der Waals surface area contributed by atoms with Gasteiger partial charge in [0.1, 0.15) is 0 Å². The molecule has 1 spiro atoms. The smallest absolute Gasteiger partial charge is 0.0726 e. The summed E-state index contributed by atoms with van der Waals surface area (Å²) >= 11 is 0. The number of benzene rings is 10. The molecule has 370 valence electrons. The Labute approximate surface area is 450 Å². The molecule has 0 saturated carbocycles. The molecule has 0 N–H and O–H groups in total. The monoisotopic (exact) mass is 980 g/mol. The maximum absolute atomic E-state index is 2.65. The van der Waals surface area contributed by atoms with Gasteiger partial charge in [0, 0.05) is 27.5 Å². The van der Waals surface area contributed by atoms with Crippen molar-refractivity contribution in [2.24, 2.45) is 0 Å². The lowest BCUT2D eigenvalue weighted by Crippen LogP contribution is -2.27. The van der Waals surface area contributed by atoms with Gasteiger partial charge in [0.25, 0.3) is 0 Å². The quantitative estimate of drug-likeness (QED) is 0.166. The minimum Gasteiger partial charge on any atom is -0.309 e. The standard InChI is InChI=1S/C75H65N/c1-71(2,3)47-38-41-53-54-42-39-48(72(4,5)6)45-65(54)75(64(53)44-47)61-32-18-13-27-58(61)69-62(75)33-22-36-68(69)76(66-34-19-14-23-49(66)46-37-40-52-50-24-11-16-30-59(50)73(7,8)63(52)43-46)67-35-20-15-26-55(67)57-29-21-28-56-51-25-12-17-31-60(51)74(9,10)70(56)57/h11-45H,1-10H3. The molecule has 0 aromatic heterocycles. The van der Waals surface area contributed by atoms with E-state index in [0.29, 0.717) is 0 Å². The van der Waals surface area contributed by atoms with Gasteiger partial charge < -0.3 is 4.90 Å². The van der Waals surface area contributed by atoms with E-state index in [1.165, 1.54) is 128 Å². The van der Waals surface area contributed by atoms with Crippen LogP contribution in [-0.2, 0) is 27.1 Å². The molecular formula is C75H65N. The first kappa shape index (κ1) is 46.5. The molecule has 4 aliphatic rings. The van der Waals surface area contributed by atoms with Gasteiger partial charge in [-0.25, -0.2) is 0 Å². The number of fused-ring (bicyclic) bond motifs is 16. The summed E-state index contributed by atoms with van der Waals surface area (Å²) in [7, 11) is 0. The van der Waals surface area contributed by atoms with Crippen LogP contribution in [0.4, 0.5) is 17.1 Å². The molecule has 0 heterocycles. The van der Waals surface area contributed by atoms with E-state index in [9.17, 15) is 0 Å². The maximum atomic E-state index is 2.65. The second kappa shape index (κ2) is 16.0. The van der Waals surface area contributed by atoms with E-state index < -0.39 is 5.41 Å². The highest BCUT2D eigenvalue weighted by Gasteiger charge is 2.53. The first-order valence-electron chi connectivity index (χ1n) is 27.5. The van der Waals surface area contributed by atoms with Crippen molar-refractivity contribution in [2.75, 3.05) is 4.90 Å². The second-order valence-corrected chi connectivity index (χ2v) is 25.2. The van der Waals surface area contributed by atoms with Crippen LogP contribution in [0.3, 0.4) is 0 Å². The second-order valence-electron chi connectivity index (χ2n) is 25.2. The van der Waals surface area contributed by atoms with E-state index in [1.807, 2.05) is 0 Å². The fourth-order valence-electron chi connectivity index (χ4n) is 14.5. The number of nitrogens with zero attached hydrogens (tertiary/aromatic N) is 1. The van der Waals surface area contributed by atoms with Crippen LogP contribution in [0.5, 0.6) is 0 Å². The molecule has 10 aromatic rings. The van der Waals surface area contributed by atoms with Crippen molar-refractivity contribution >= 4 is 17.1 Å². The Hall–Kier alpha value is -8.00. The zero-order valence-corrected chi connectivity index (χ0v) is 45.7. The molecule has 0 atom stereocenters. The largest absolute Gasteiger partial charge is 0.309 e. The third kappa shape index (κ3) is 6.32. The topological polar surface area (TPSA) is 3.24 Å². The highest BCUT2D eigenvalue weighted by Crippen LogP contribution is 2.66. The molecule has 14 rings (SSSR count). The zero-order valence-electron chi connectivity index (χ0n) is 45.7. The summed E-state index contributed by atoms with van der Waals surface area (Å²) in [6.07, 6.45) is 0. The molecule has 0 saturated heterocycles. The van der Waals surface area contributed by atoms with Crippen molar-refractivity contribution in [1.29, 1.82) is 0 Å². The highest BCUT2D eigenvalue weighted by atomic mass is 15.2.